The van der Waals surface area contributed by atoms with Gasteiger partial charge in [-0.1, -0.05) is 36.4 Å². The van der Waals surface area contributed by atoms with Gasteiger partial charge in [0.2, 0.25) is 5.48 Å². The summed E-state index contributed by atoms with van der Waals surface area (Å²) in [6.07, 6.45) is 0. The Labute approximate surface area is 193 Å². The first-order valence-electron chi connectivity index (χ1n) is 10.1. The molecule has 0 aliphatic carbocycles. The van der Waals surface area contributed by atoms with Crippen LogP contribution in [-0.2, 0) is 0 Å². The maximum absolute atomic E-state index is 9.53. The van der Waals surface area contributed by atoms with Crippen LogP contribution in [0.2, 0.25) is 0 Å². The Morgan fingerprint density at radius 1 is 0.706 bits per heavy atom. The molecule has 8 nitrogen and oxygen atoms in total. The van der Waals surface area contributed by atoms with E-state index in [0.29, 0.717) is 22.1 Å². The zero-order valence-electron chi connectivity index (χ0n) is 17.5. The number of aromatic nitrogens is 4. The lowest BCUT2D eigenvalue weighted by Gasteiger charge is -2.06. The topological polar surface area (TPSA) is 91.9 Å². The molecular weight excluding hydrogens is 424 g/mol. The number of hydrogen-bond donors (Lipinski definition) is 0. The van der Waals surface area contributed by atoms with Crippen LogP contribution in [0.1, 0.15) is 0 Å². The summed E-state index contributed by atoms with van der Waals surface area (Å²) in [6, 6.07) is 26.1. The first kappa shape index (κ1) is 20.2. The normalized spacial score (nSPS) is 10.2. The molecule has 34 heavy (non-hydrogen) atoms. The molecule has 0 amide bonds. The average Bonchev–Trinajstić information content (AvgIpc) is 3.43. The number of rotatable bonds is 2. The summed E-state index contributed by atoms with van der Waals surface area (Å²) in [5, 5.41) is 19.1. The number of benzene rings is 3. The van der Waals surface area contributed by atoms with Gasteiger partial charge < -0.3 is 0 Å². The van der Waals surface area contributed by atoms with Crippen molar-refractivity contribution in [3.05, 3.63) is 107 Å². The van der Waals surface area contributed by atoms with Gasteiger partial charge in [0.15, 0.2) is 11.1 Å². The Morgan fingerprint density at radius 2 is 1.15 bits per heavy atom. The van der Waals surface area contributed by atoms with Crippen molar-refractivity contribution in [1.82, 2.24) is 19.1 Å². The summed E-state index contributed by atoms with van der Waals surface area (Å²) in [5.74, 6) is -0.145. The summed E-state index contributed by atoms with van der Waals surface area (Å²) in [7, 11) is 0. The molecule has 0 saturated carbocycles. The highest BCUT2D eigenvalue weighted by Gasteiger charge is 2.19. The summed E-state index contributed by atoms with van der Waals surface area (Å²) in [6.45, 7) is 14.9. The summed E-state index contributed by atoms with van der Waals surface area (Å²) in [4.78, 5) is 16.0. The van der Waals surface area contributed by atoms with Gasteiger partial charge in [-0.15, -0.1) is 0 Å². The highest BCUT2D eigenvalue weighted by Crippen LogP contribution is 2.24. The van der Waals surface area contributed by atoms with Crippen molar-refractivity contribution in [2.75, 3.05) is 0 Å². The van der Waals surface area contributed by atoms with E-state index in [2.05, 4.69) is 19.7 Å². The number of nitriles is 2. The van der Waals surface area contributed by atoms with E-state index < -0.39 is 0 Å². The molecule has 0 N–H and O–H groups in total. The maximum Gasteiger partial charge on any atom is 0.562 e. The minimum Gasteiger partial charge on any atom is -0.295 e. The fourth-order valence-corrected chi connectivity index (χ4v) is 3.89. The van der Waals surface area contributed by atoms with Gasteiger partial charge in [0.05, 0.1) is 22.1 Å². The summed E-state index contributed by atoms with van der Waals surface area (Å²) in [5.41, 5.74) is 4.24. The van der Waals surface area contributed by atoms with Crippen molar-refractivity contribution >= 4 is 33.5 Å². The minimum atomic E-state index is -0.145. The van der Waals surface area contributed by atoms with Gasteiger partial charge in [0.25, 0.3) is 0 Å². The molecule has 5 rings (SSSR count). The molecule has 0 atom stereocenters. The summed E-state index contributed by atoms with van der Waals surface area (Å²) >= 11 is 0. The first-order valence-corrected chi connectivity index (χ1v) is 10.1. The zero-order chi connectivity index (χ0) is 23.7. The van der Waals surface area contributed by atoms with Gasteiger partial charge in [-0.25, -0.2) is 9.97 Å². The van der Waals surface area contributed by atoms with Crippen molar-refractivity contribution in [2.45, 2.75) is 0 Å². The van der Waals surface area contributed by atoms with Crippen molar-refractivity contribution in [3.8, 4) is 23.5 Å². The van der Waals surface area contributed by atoms with E-state index in [1.54, 1.807) is 21.3 Å². The molecule has 8 heteroatoms. The molecule has 0 radical (unpaired) electrons. The Balaban J connectivity index is 2.00. The van der Waals surface area contributed by atoms with Gasteiger partial charge in [0, 0.05) is 11.4 Å². The lowest BCUT2D eigenvalue weighted by atomic mass is 10.2. The first-order chi connectivity index (χ1) is 16.7. The molecule has 0 saturated heterocycles. The Kier molecular flexibility index (Phi) is 4.81. The Morgan fingerprint density at radius 3 is 1.59 bits per heavy atom. The molecule has 0 fully saturated rings. The smallest absolute Gasteiger partial charge is 0.295 e. The number of para-hydroxylation sites is 2. The molecule has 0 spiro atoms. The molecule has 0 aliphatic heterocycles. The van der Waals surface area contributed by atoms with E-state index >= 15 is 0 Å². The van der Waals surface area contributed by atoms with E-state index in [9.17, 15) is 10.5 Å². The molecular formula is C26H12N8. The van der Waals surface area contributed by atoms with Crippen LogP contribution in [0, 0.1) is 35.8 Å². The fraction of sp³-hybridized carbons (Fsp3) is 0. The zero-order valence-corrected chi connectivity index (χ0v) is 17.5. The van der Waals surface area contributed by atoms with E-state index in [1.165, 1.54) is 0 Å². The van der Waals surface area contributed by atoms with Crippen molar-refractivity contribution in [1.29, 1.82) is 10.5 Å². The van der Waals surface area contributed by atoms with Gasteiger partial charge >= 0.3 is 5.82 Å². The predicted molar refractivity (Wildman–Crippen MR) is 126 cm³/mol. The van der Waals surface area contributed by atoms with Gasteiger partial charge in [0.1, 0.15) is 25.3 Å². The van der Waals surface area contributed by atoms with Crippen LogP contribution in [0.4, 0.5) is 0 Å². The van der Waals surface area contributed by atoms with Gasteiger partial charge in [-0.2, -0.15) is 20.2 Å². The number of nitrogens with zero attached hydrogens (tertiary/aromatic N) is 8. The van der Waals surface area contributed by atoms with Crippen LogP contribution < -0.4 is 11.0 Å². The Bertz CT molecular complexity index is 1710. The van der Waals surface area contributed by atoms with Crippen LogP contribution in [0.5, 0.6) is 0 Å². The second kappa shape index (κ2) is 8.09. The predicted octanol–water partition coefficient (Wildman–Crippen LogP) is 3.47. The average molecular weight is 436 g/mol. The van der Waals surface area contributed by atoms with E-state index in [1.807, 2.05) is 72.8 Å². The van der Waals surface area contributed by atoms with Crippen LogP contribution in [0.3, 0.4) is 0 Å². The standard InChI is InChI=1S/C26H12N8/c1-29-24(30-2)26-32-21-14-22-20(13-23(21)34(26)19-11-7-4-8-12-19)31-25(17(15-27)16-28)33(22)18-9-5-3-6-10-18/h3-14H. The van der Waals surface area contributed by atoms with Crippen LogP contribution in [0.15, 0.2) is 72.8 Å². The molecule has 0 bridgehead atoms. The molecule has 0 aliphatic rings. The molecule has 156 valence electrons. The highest BCUT2D eigenvalue weighted by molar-refractivity contribution is 5.94. The Hall–Kier alpha value is -5.70. The number of hydrogen-bond acceptors (Lipinski definition) is 4. The number of fused-ring (bicyclic) bond motifs is 2. The van der Waals surface area contributed by atoms with Crippen molar-refractivity contribution in [3.63, 3.8) is 0 Å². The second-order valence-corrected chi connectivity index (χ2v) is 7.19. The monoisotopic (exact) mass is 436 g/mol. The molecule has 5 aromatic rings. The maximum atomic E-state index is 9.53. The summed E-state index contributed by atoms with van der Waals surface area (Å²) < 4.78 is 3.49. The van der Waals surface area contributed by atoms with Crippen LogP contribution in [-0.4, -0.2) is 19.1 Å². The molecule has 3 aromatic carbocycles. The third kappa shape index (κ3) is 3.05. The largest absolute Gasteiger partial charge is 0.562 e. The van der Waals surface area contributed by atoms with E-state index in [0.717, 1.165) is 11.4 Å². The fourth-order valence-electron chi connectivity index (χ4n) is 3.89. The van der Waals surface area contributed by atoms with Crippen molar-refractivity contribution < 1.29 is 0 Å². The molecule has 2 heterocycles. The number of imidazole rings is 2. The van der Waals surface area contributed by atoms with Gasteiger partial charge in [-0.05, 0) is 36.4 Å². The van der Waals surface area contributed by atoms with Gasteiger partial charge in [-0.3, -0.25) is 9.13 Å². The van der Waals surface area contributed by atoms with Crippen LogP contribution in [0.25, 0.3) is 54.5 Å². The lowest BCUT2D eigenvalue weighted by Crippen LogP contribution is -2.19. The minimum absolute atomic E-state index is 0.110. The SMILES string of the molecule is [C-]#[N+]C([N+]#[C-])=c1nc2cc3c(cc2n1-c1ccccc1)nc(=C(C#N)C#N)n3-c1ccccc1. The highest BCUT2D eigenvalue weighted by atomic mass is 15.1. The van der Waals surface area contributed by atoms with E-state index in [-0.39, 0.29) is 22.4 Å². The lowest BCUT2D eigenvalue weighted by molar-refractivity contribution is 1.02. The molecule has 0 unspecified atom stereocenters. The van der Waals surface area contributed by atoms with E-state index in [4.69, 9.17) is 13.1 Å². The van der Waals surface area contributed by atoms with Crippen molar-refractivity contribution in [2.24, 2.45) is 0 Å². The second-order valence-electron chi connectivity index (χ2n) is 7.19. The molecule has 2 aromatic heterocycles. The van der Waals surface area contributed by atoms with Crippen LogP contribution >= 0.6 is 0 Å². The quantitative estimate of drug-likeness (QED) is 0.396. The third-order valence-corrected chi connectivity index (χ3v) is 5.32. The third-order valence-electron chi connectivity index (χ3n) is 5.32.